The van der Waals surface area contributed by atoms with Crippen molar-refractivity contribution in [1.82, 2.24) is 10.2 Å². The molecule has 0 bridgehead atoms. The van der Waals surface area contributed by atoms with E-state index in [0.29, 0.717) is 13.0 Å². The van der Waals surface area contributed by atoms with Crippen LogP contribution in [0.2, 0.25) is 0 Å². The lowest BCUT2D eigenvalue weighted by atomic mass is 9.88. The van der Waals surface area contributed by atoms with Gasteiger partial charge in [-0.3, -0.25) is 4.79 Å². The zero-order valence-electron chi connectivity index (χ0n) is 13.3. The van der Waals surface area contributed by atoms with Crippen molar-refractivity contribution in [3.8, 4) is 5.75 Å². The standard InChI is InChI=1S/C16H22N2O5/c1-11(12-4-3-5-13(19)8-12)17-15(22)18-7-6-16(9-18,10-23-2)14(20)21/h3-5,8,11,19H,6-7,9-10H2,1-2H3,(H,17,22)(H,20,21)/t11-,16?/m1/s1. The highest BCUT2D eigenvalue weighted by molar-refractivity contribution is 5.80. The number of aromatic hydroxyl groups is 1. The first-order chi connectivity index (χ1) is 10.9. The number of carboxylic acids is 1. The Morgan fingerprint density at radius 1 is 1.48 bits per heavy atom. The van der Waals surface area contributed by atoms with E-state index >= 15 is 0 Å². The van der Waals surface area contributed by atoms with Crippen molar-refractivity contribution >= 4 is 12.0 Å². The number of hydrogen-bond acceptors (Lipinski definition) is 4. The number of phenols is 1. The summed E-state index contributed by atoms with van der Waals surface area (Å²) in [6, 6.07) is 6.04. The summed E-state index contributed by atoms with van der Waals surface area (Å²) < 4.78 is 5.02. The average molecular weight is 322 g/mol. The molecular formula is C16H22N2O5. The van der Waals surface area contributed by atoms with Crippen molar-refractivity contribution in [2.24, 2.45) is 5.41 Å². The predicted molar refractivity (Wildman–Crippen MR) is 83.2 cm³/mol. The monoisotopic (exact) mass is 322 g/mol. The second kappa shape index (κ2) is 6.87. The molecule has 0 saturated carbocycles. The highest BCUT2D eigenvalue weighted by Gasteiger charge is 2.46. The quantitative estimate of drug-likeness (QED) is 0.764. The van der Waals surface area contributed by atoms with Gasteiger partial charge >= 0.3 is 12.0 Å². The second-order valence-corrected chi connectivity index (χ2v) is 5.96. The molecule has 3 N–H and O–H groups in total. The van der Waals surface area contributed by atoms with E-state index < -0.39 is 11.4 Å². The average Bonchev–Trinajstić information content (AvgIpc) is 2.93. The summed E-state index contributed by atoms with van der Waals surface area (Å²) in [6.45, 7) is 2.37. The van der Waals surface area contributed by atoms with E-state index in [4.69, 9.17) is 4.74 Å². The van der Waals surface area contributed by atoms with Crippen molar-refractivity contribution in [3.05, 3.63) is 29.8 Å². The van der Waals surface area contributed by atoms with Crippen LogP contribution in [0.25, 0.3) is 0 Å². The van der Waals surface area contributed by atoms with Crippen LogP contribution in [-0.4, -0.2) is 53.9 Å². The summed E-state index contributed by atoms with van der Waals surface area (Å²) in [5.41, 5.74) is -0.265. The summed E-state index contributed by atoms with van der Waals surface area (Å²) in [5, 5.41) is 21.7. The van der Waals surface area contributed by atoms with E-state index in [-0.39, 0.29) is 31.0 Å². The summed E-state index contributed by atoms with van der Waals surface area (Å²) in [4.78, 5) is 25.3. The fraction of sp³-hybridized carbons (Fsp3) is 0.500. The van der Waals surface area contributed by atoms with Crippen LogP contribution in [-0.2, 0) is 9.53 Å². The number of nitrogens with zero attached hydrogens (tertiary/aromatic N) is 1. The van der Waals surface area contributed by atoms with E-state index in [1.54, 1.807) is 24.3 Å². The summed E-state index contributed by atoms with van der Waals surface area (Å²) in [6.07, 6.45) is 0.365. The fourth-order valence-corrected chi connectivity index (χ4v) is 2.83. The fourth-order valence-electron chi connectivity index (χ4n) is 2.83. The minimum absolute atomic E-state index is 0.0776. The first kappa shape index (κ1) is 17.1. The molecule has 126 valence electrons. The first-order valence-corrected chi connectivity index (χ1v) is 7.45. The largest absolute Gasteiger partial charge is 0.508 e. The number of likely N-dealkylation sites (tertiary alicyclic amines) is 1. The molecule has 1 aromatic rings. The van der Waals surface area contributed by atoms with Crippen LogP contribution in [0, 0.1) is 5.41 Å². The maximum absolute atomic E-state index is 12.3. The number of benzene rings is 1. The van der Waals surface area contributed by atoms with E-state index in [0.717, 1.165) is 5.56 Å². The number of urea groups is 1. The van der Waals surface area contributed by atoms with Crippen LogP contribution >= 0.6 is 0 Å². The third-order valence-electron chi connectivity index (χ3n) is 4.23. The Labute approximate surface area is 134 Å². The Hall–Kier alpha value is -2.28. The molecule has 0 aromatic heterocycles. The number of carbonyl (C=O) groups excluding carboxylic acids is 1. The SMILES string of the molecule is COCC1(C(=O)O)CCN(C(=O)N[C@H](C)c2cccc(O)c2)C1. The molecule has 0 spiro atoms. The number of carboxylic acid groups (broad SMARTS) is 1. The minimum Gasteiger partial charge on any atom is -0.508 e. The van der Waals surface area contributed by atoms with Gasteiger partial charge in [0, 0.05) is 20.2 Å². The summed E-state index contributed by atoms with van der Waals surface area (Å²) in [5.74, 6) is -0.814. The minimum atomic E-state index is -1.04. The number of ether oxygens (including phenoxy) is 1. The maximum atomic E-state index is 12.3. The smallest absolute Gasteiger partial charge is 0.317 e. The third-order valence-corrected chi connectivity index (χ3v) is 4.23. The Balaban J connectivity index is 2.00. The topological polar surface area (TPSA) is 99.1 Å². The van der Waals surface area contributed by atoms with Gasteiger partial charge in [-0.05, 0) is 31.0 Å². The molecule has 2 rings (SSSR count). The molecule has 1 fully saturated rings. The molecule has 1 heterocycles. The zero-order valence-corrected chi connectivity index (χ0v) is 13.3. The molecule has 1 saturated heterocycles. The van der Waals surface area contributed by atoms with Crippen LogP contribution in [0.1, 0.15) is 24.9 Å². The normalized spacial score (nSPS) is 21.9. The molecule has 1 unspecified atom stereocenters. The number of hydrogen-bond donors (Lipinski definition) is 3. The molecular weight excluding hydrogens is 300 g/mol. The molecule has 23 heavy (non-hydrogen) atoms. The van der Waals surface area contributed by atoms with Crippen molar-refractivity contribution < 1.29 is 24.5 Å². The number of aliphatic carboxylic acids is 1. The molecule has 1 aromatic carbocycles. The van der Waals surface area contributed by atoms with Gasteiger partial charge in [0.1, 0.15) is 11.2 Å². The number of nitrogens with one attached hydrogen (secondary N) is 1. The van der Waals surface area contributed by atoms with Crippen molar-refractivity contribution in [3.63, 3.8) is 0 Å². The number of carbonyl (C=O) groups is 2. The van der Waals surface area contributed by atoms with Gasteiger partial charge in [-0.15, -0.1) is 0 Å². The van der Waals surface area contributed by atoms with Crippen molar-refractivity contribution in [2.75, 3.05) is 26.8 Å². The third kappa shape index (κ3) is 3.73. The molecule has 1 aliphatic heterocycles. The summed E-state index contributed by atoms with van der Waals surface area (Å²) >= 11 is 0. The lowest BCUT2D eigenvalue weighted by Crippen LogP contribution is -2.44. The Morgan fingerprint density at radius 2 is 2.22 bits per heavy atom. The second-order valence-electron chi connectivity index (χ2n) is 5.96. The van der Waals surface area contributed by atoms with Gasteiger partial charge in [-0.2, -0.15) is 0 Å². The van der Waals surface area contributed by atoms with Gasteiger partial charge in [-0.25, -0.2) is 4.79 Å². The van der Waals surface area contributed by atoms with Gasteiger partial charge < -0.3 is 25.2 Å². The molecule has 0 radical (unpaired) electrons. The summed E-state index contributed by atoms with van der Waals surface area (Å²) in [7, 11) is 1.46. The van der Waals surface area contributed by atoms with E-state index in [1.165, 1.54) is 12.0 Å². The van der Waals surface area contributed by atoms with Gasteiger partial charge in [-0.1, -0.05) is 12.1 Å². The van der Waals surface area contributed by atoms with Crippen molar-refractivity contribution in [2.45, 2.75) is 19.4 Å². The highest BCUT2D eigenvalue weighted by atomic mass is 16.5. The first-order valence-electron chi connectivity index (χ1n) is 7.45. The van der Waals surface area contributed by atoms with Gasteiger partial charge in [0.15, 0.2) is 0 Å². The van der Waals surface area contributed by atoms with E-state index in [2.05, 4.69) is 5.32 Å². The number of methoxy groups -OCH3 is 1. The number of rotatable bonds is 5. The predicted octanol–water partition coefficient (Wildman–Crippen LogP) is 1.59. The van der Waals surface area contributed by atoms with Crippen molar-refractivity contribution in [1.29, 1.82) is 0 Å². The zero-order chi connectivity index (χ0) is 17.0. The molecule has 1 aliphatic rings. The van der Waals surface area contributed by atoms with Gasteiger partial charge in [0.05, 0.1) is 12.6 Å². The number of phenolic OH excluding ortho intramolecular Hbond substituents is 1. The van der Waals surface area contributed by atoms with Crippen LogP contribution in [0.15, 0.2) is 24.3 Å². The van der Waals surface area contributed by atoms with E-state index in [9.17, 15) is 19.8 Å². The van der Waals surface area contributed by atoms with Crippen LogP contribution in [0.3, 0.4) is 0 Å². The molecule has 7 heteroatoms. The van der Waals surface area contributed by atoms with Gasteiger partial charge in [0.2, 0.25) is 0 Å². The molecule has 2 amide bonds. The van der Waals surface area contributed by atoms with E-state index in [1.807, 2.05) is 6.92 Å². The lowest BCUT2D eigenvalue weighted by molar-refractivity contribution is -0.151. The van der Waals surface area contributed by atoms with Crippen LogP contribution < -0.4 is 5.32 Å². The van der Waals surface area contributed by atoms with Gasteiger partial charge in [0.25, 0.3) is 0 Å². The Morgan fingerprint density at radius 3 is 2.83 bits per heavy atom. The Bertz CT molecular complexity index is 592. The molecule has 0 aliphatic carbocycles. The molecule has 7 nitrogen and oxygen atoms in total. The highest BCUT2D eigenvalue weighted by Crippen LogP contribution is 2.31. The Kier molecular flexibility index (Phi) is 5.10. The number of amides is 2. The van der Waals surface area contributed by atoms with Crippen LogP contribution in [0.5, 0.6) is 5.75 Å². The maximum Gasteiger partial charge on any atom is 0.317 e. The molecule has 2 atom stereocenters. The lowest BCUT2D eigenvalue weighted by Gasteiger charge is -2.25. The van der Waals surface area contributed by atoms with Crippen LogP contribution in [0.4, 0.5) is 4.79 Å².